The Morgan fingerprint density at radius 1 is 0.871 bits per heavy atom. The lowest BCUT2D eigenvalue weighted by molar-refractivity contribution is -0.129. The van der Waals surface area contributed by atoms with Crippen molar-refractivity contribution in [3.05, 3.63) is 108 Å². The minimum absolute atomic E-state index is 0.0991. The van der Waals surface area contributed by atoms with Gasteiger partial charge in [-0.25, -0.2) is 9.69 Å². The van der Waals surface area contributed by atoms with Gasteiger partial charge in [-0.2, -0.15) is 0 Å². The van der Waals surface area contributed by atoms with Crippen molar-refractivity contribution in [3.8, 4) is 0 Å². The van der Waals surface area contributed by atoms with Crippen LogP contribution in [-0.2, 0) is 16.0 Å². The summed E-state index contributed by atoms with van der Waals surface area (Å²) in [7, 11) is 0. The number of hydrogen-bond donors (Lipinski definition) is 0. The second-order valence-electron chi connectivity index (χ2n) is 7.58. The van der Waals surface area contributed by atoms with Crippen molar-refractivity contribution in [1.82, 2.24) is 4.90 Å². The molecule has 3 aromatic rings. The summed E-state index contributed by atoms with van der Waals surface area (Å²) in [4.78, 5) is 40.1. The highest BCUT2D eigenvalue weighted by molar-refractivity contribution is 6.04. The summed E-state index contributed by atoms with van der Waals surface area (Å²) in [6, 6.07) is 27.4. The molecule has 2 amide bonds. The molecule has 5 heteroatoms. The maximum atomic E-state index is 13.3. The number of imide groups is 1. The first-order chi connectivity index (χ1) is 15.1. The number of hydrogen-bond acceptors (Lipinski definition) is 4. The van der Waals surface area contributed by atoms with Crippen molar-refractivity contribution in [2.75, 3.05) is 6.61 Å². The van der Waals surface area contributed by atoms with Gasteiger partial charge in [0.25, 0.3) is 0 Å². The summed E-state index contributed by atoms with van der Waals surface area (Å²) in [6.45, 7) is 0.155. The largest absolute Gasteiger partial charge is 0.447 e. The van der Waals surface area contributed by atoms with E-state index in [0.717, 1.165) is 11.1 Å². The number of cyclic esters (lactones) is 1. The molecule has 0 N–H and O–H groups in total. The molecule has 0 bridgehead atoms. The summed E-state index contributed by atoms with van der Waals surface area (Å²) in [5, 5.41) is 0. The Balaban J connectivity index is 1.57. The van der Waals surface area contributed by atoms with Gasteiger partial charge < -0.3 is 4.74 Å². The monoisotopic (exact) mass is 413 g/mol. The van der Waals surface area contributed by atoms with E-state index >= 15 is 0 Å². The van der Waals surface area contributed by atoms with Crippen LogP contribution in [0.5, 0.6) is 0 Å². The van der Waals surface area contributed by atoms with Crippen molar-refractivity contribution in [3.63, 3.8) is 0 Å². The normalized spacial score (nSPS) is 16.6. The number of carbonyl (C=O) groups excluding carboxylic acids is 3. The standard InChI is InChI=1S/C26H23NO4/c28-24(27-22(18-31-26(27)30)16-19-10-4-1-5-11-19)17-23(20-12-6-2-7-13-20)25(29)21-14-8-3-9-15-21/h1-15,22-23H,16-18H2/t22-,23+/m0/s1. The predicted octanol–water partition coefficient (Wildman–Crippen LogP) is 4.63. The van der Waals surface area contributed by atoms with Gasteiger partial charge in [-0.05, 0) is 17.5 Å². The average molecular weight is 413 g/mol. The van der Waals surface area contributed by atoms with E-state index in [9.17, 15) is 14.4 Å². The van der Waals surface area contributed by atoms with Gasteiger partial charge >= 0.3 is 6.09 Å². The summed E-state index contributed by atoms with van der Waals surface area (Å²) in [6.07, 6.45) is -0.232. The van der Waals surface area contributed by atoms with E-state index in [4.69, 9.17) is 4.74 Å². The smallest absolute Gasteiger partial charge is 0.416 e. The fraction of sp³-hybridized carbons (Fsp3) is 0.192. The fourth-order valence-electron chi connectivity index (χ4n) is 3.93. The molecule has 4 rings (SSSR count). The van der Waals surface area contributed by atoms with E-state index in [2.05, 4.69) is 0 Å². The first-order valence-electron chi connectivity index (χ1n) is 10.3. The molecule has 1 saturated heterocycles. The molecule has 0 aliphatic carbocycles. The van der Waals surface area contributed by atoms with Crippen molar-refractivity contribution in [2.24, 2.45) is 0 Å². The zero-order valence-corrected chi connectivity index (χ0v) is 17.0. The van der Waals surface area contributed by atoms with Gasteiger partial charge in [0.1, 0.15) is 6.61 Å². The van der Waals surface area contributed by atoms with Crippen molar-refractivity contribution >= 4 is 17.8 Å². The number of benzene rings is 3. The van der Waals surface area contributed by atoms with E-state index in [1.165, 1.54) is 4.90 Å². The number of Topliss-reactive ketones (excluding diaryl/α,β-unsaturated/α-hetero) is 1. The van der Waals surface area contributed by atoms with Crippen LogP contribution in [0.4, 0.5) is 4.79 Å². The Labute approximate surface area is 181 Å². The van der Waals surface area contributed by atoms with Crippen molar-refractivity contribution in [2.45, 2.75) is 24.8 Å². The number of nitrogens with zero attached hydrogens (tertiary/aromatic N) is 1. The SMILES string of the molecule is O=C(c1ccccc1)[C@H](CC(=O)N1C(=O)OC[C@@H]1Cc1ccccc1)c1ccccc1. The second-order valence-corrected chi connectivity index (χ2v) is 7.58. The summed E-state index contributed by atoms with van der Waals surface area (Å²) < 4.78 is 5.19. The van der Waals surface area contributed by atoms with Crippen molar-refractivity contribution in [1.29, 1.82) is 0 Å². The quantitative estimate of drug-likeness (QED) is 0.530. The number of ketones is 1. The van der Waals surface area contributed by atoms with Gasteiger partial charge in [0.15, 0.2) is 5.78 Å². The zero-order valence-electron chi connectivity index (χ0n) is 17.0. The lowest BCUT2D eigenvalue weighted by Gasteiger charge is -2.23. The Morgan fingerprint density at radius 2 is 1.45 bits per heavy atom. The van der Waals surface area contributed by atoms with Crippen LogP contribution in [-0.4, -0.2) is 35.3 Å². The van der Waals surface area contributed by atoms with Gasteiger partial charge in [0.05, 0.1) is 12.0 Å². The highest BCUT2D eigenvalue weighted by Gasteiger charge is 2.39. The Bertz CT molecular complexity index is 1050. The average Bonchev–Trinajstić information content (AvgIpc) is 3.18. The van der Waals surface area contributed by atoms with E-state index in [1.54, 1.807) is 24.3 Å². The fourth-order valence-corrected chi connectivity index (χ4v) is 3.93. The van der Waals surface area contributed by atoms with Crippen molar-refractivity contribution < 1.29 is 19.1 Å². The summed E-state index contributed by atoms with van der Waals surface area (Å²) in [5.41, 5.74) is 2.30. The summed E-state index contributed by atoms with van der Waals surface area (Å²) in [5.74, 6) is -1.23. The third-order valence-corrected chi connectivity index (χ3v) is 5.50. The maximum Gasteiger partial charge on any atom is 0.416 e. The molecule has 0 unspecified atom stereocenters. The molecule has 1 aliphatic heterocycles. The molecule has 156 valence electrons. The molecule has 0 aromatic heterocycles. The first kappa shape index (κ1) is 20.5. The van der Waals surface area contributed by atoms with E-state index in [0.29, 0.717) is 12.0 Å². The maximum absolute atomic E-state index is 13.3. The molecule has 1 fully saturated rings. The molecule has 1 aliphatic rings. The molecule has 3 aromatic carbocycles. The third kappa shape index (κ3) is 4.72. The van der Waals surface area contributed by atoms with Crippen LogP contribution in [0.25, 0.3) is 0 Å². The number of amides is 2. The lowest BCUT2D eigenvalue weighted by Crippen LogP contribution is -2.41. The minimum atomic E-state index is -0.679. The van der Waals surface area contributed by atoms with Crippen LogP contribution in [0.1, 0.15) is 33.8 Å². The Hall–Kier alpha value is -3.73. The molecule has 1 heterocycles. The number of carbonyl (C=O) groups is 3. The number of ether oxygens (including phenoxy) is 1. The Kier molecular flexibility index (Phi) is 6.22. The highest BCUT2D eigenvalue weighted by atomic mass is 16.6. The van der Waals surface area contributed by atoms with Crippen LogP contribution < -0.4 is 0 Å². The molecular weight excluding hydrogens is 390 g/mol. The zero-order chi connectivity index (χ0) is 21.6. The van der Waals surface area contributed by atoms with E-state index < -0.39 is 17.9 Å². The predicted molar refractivity (Wildman–Crippen MR) is 117 cm³/mol. The molecular formula is C26H23NO4. The number of rotatable bonds is 7. The molecule has 2 atom stereocenters. The van der Waals surface area contributed by atoms with Gasteiger partial charge in [0.2, 0.25) is 5.91 Å². The third-order valence-electron chi connectivity index (χ3n) is 5.50. The molecule has 0 saturated carbocycles. The molecule has 5 nitrogen and oxygen atoms in total. The molecule has 0 radical (unpaired) electrons. The highest BCUT2D eigenvalue weighted by Crippen LogP contribution is 2.28. The van der Waals surface area contributed by atoms with Gasteiger partial charge in [-0.3, -0.25) is 9.59 Å². The molecule has 0 spiro atoms. The van der Waals surface area contributed by atoms with Crippen LogP contribution in [0, 0.1) is 0 Å². The van der Waals surface area contributed by atoms with Crippen LogP contribution >= 0.6 is 0 Å². The first-order valence-corrected chi connectivity index (χ1v) is 10.3. The topological polar surface area (TPSA) is 63.7 Å². The summed E-state index contributed by atoms with van der Waals surface area (Å²) >= 11 is 0. The van der Waals surface area contributed by atoms with E-state index in [1.807, 2.05) is 66.7 Å². The molecule has 31 heavy (non-hydrogen) atoms. The van der Waals surface area contributed by atoms with Crippen LogP contribution in [0.15, 0.2) is 91.0 Å². The lowest BCUT2D eigenvalue weighted by atomic mass is 9.87. The van der Waals surface area contributed by atoms with Crippen LogP contribution in [0.3, 0.4) is 0 Å². The minimum Gasteiger partial charge on any atom is -0.447 e. The van der Waals surface area contributed by atoms with Gasteiger partial charge in [-0.1, -0.05) is 91.0 Å². The second kappa shape index (κ2) is 9.39. The Morgan fingerprint density at radius 3 is 2.10 bits per heavy atom. The van der Waals surface area contributed by atoms with Crippen LogP contribution in [0.2, 0.25) is 0 Å². The van der Waals surface area contributed by atoms with E-state index in [-0.39, 0.29) is 24.9 Å². The van der Waals surface area contributed by atoms with Gasteiger partial charge in [0, 0.05) is 12.0 Å². The van der Waals surface area contributed by atoms with Gasteiger partial charge in [-0.15, -0.1) is 0 Å².